The molecule has 2 aromatic rings. The molecule has 0 saturated carbocycles. The second-order valence-electron chi connectivity index (χ2n) is 3.86. The fourth-order valence-corrected chi connectivity index (χ4v) is 1.47. The van der Waals surface area contributed by atoms with Crippen LogP contribution in [0.25, 0.3) is 0 Å². The molecule has 0 aliphatic carbocycles. The molecule has 0 amide bonds. The van der Waals surface area contributed by atoms with Crippen LogP contribution in [0, 0.1) is 18.8 Å². The third-order valence-corrected chi connectivity index (χ3v) is 2.43. The number of rotatable bonds is 2. The number of aromatic nitrogens is 2. The molecule has 2 nitrogen and oxygen atoms in total. The van der Waals surface area contributed by atoms with Gasteiger partial charge in [0.15, 0.2) is 0 Å². The van der Waals surface area contributed by atoms with Crippen molar-refractivity contribution in [3.8, 4) is 11.8 Å². The summed E-state index contributed by atoms with van der Waals surface area (Å²) in [5.41, 5.74) is 2.61. The van der Waals surface area contributed by atoms with Gasteiger partial charge in [0.1, 0.15) is 0 Å². The first-order valence-electron chi connectivity index (χ1n) is 5.66. The molecule has 1 aromatic carbocycles. The van der Waals surface area contributed by atoms with Gasteiger partial charge in [-0.3, -0.25) is 0 Å². The summed E-state index contributed by atoms with van der Waals surface area (Å²) in [5.74, 6) is 6.64. The lowest BCUT2D eigenvalue weighted by Crippen LogP contribution is -1.86. The van der Waals surface area contributed by atoms with Gasteiger partial charge in [-0.05, 0) is 30.9 Å². The fraction of sp³-hybridized carbons (Fsp3) is 0.200. The monoisotopic (exact) mass is 222 g/mol. The molecule has 0 fully saturated rings. The van der Waals surface area contributed by atoms with Gasteiger partial charge in [-0.1, -0.05) is 35.7 Å². The molecule has 1 heterocycles. The smallest absolute Gasteiger partial charge is 0.204 e. The van der Waals surface area contributed by atoms with Crippen molar-refractivity contribution in [1.82, 2.24) is 9.97 Å². The Kier molecular flexibility index (Phi) is 3.88. The van der Waals surface area contributed by atoms with Gasteiger partial charge in [0.2, 0.25) is 5.82 Å². The topological polar surface area (TPSA) is 25.8 Å². The maximum Gasteiger partial charge on any atom is 0.204 e. The zero-order valence-electron chi connectivity index (χ0n) is 9.85. The third-order valence-electron chi connectivity index (χ3n) is 2.43. The van der Waals surface area contributed by atoms with E-state index in [1.54, 1.807) is 18.5 Å². The highest BCUT2D eigenvalue weighted by atomic mass is 14.8. The van der Waals surface area contributed by atoms with Crippen molar-refractivity contribution >= 4 is 0 Å². The standard InChI is InChI=1S/C15H14N2/c1-13-7-9-14(10-8-13)5-2-3-6-15-16-11-4-12-17-15/h4,7-12H,2,5H2,1H3. The Morgan fingerprint density at radius 3 is 2.47 bits per heavy atom. The lowest BCUT2D eigenvalue weighted by atomic mass is 10.1. The minimum Gasteiger partial charge on any atom is -0.229 e. The summed E-state index contributed by atoms with van der Waals surface area (Å²) >= 11 is 0. The van der Waals surface area contributed by atoms with Crippen LogP contribution in [-0.4, -0.2) is 9.97 Å². The molecule has 0 N–H and O–H groups in total. The lowest BCUT2D eigenvalue weighted by Gasteiger charge is -1.97. The number of hydrogen-bond acceptors (Lipinski definition) is 2. The number of benzene rings is 1. The second-order valence-corrected chi connectivity index (χ2v) is 3.86. The highest BCUT2D eigenvalue weighted by Crippen LogP contribution is 2.05. The third kappa shape index (κ3) is 3.73. The molecule has 0 bridgehead atoms. The molecule has 17 heavy (non-hydrogen) atoms. The molecule has 0 radical (unpaired) electrons. The maximum atomic E-state index is 4.05. The lowest BCUT2D eigenvalue weighted by molar-refractivity contribution is 1.02. The minimum absolute atomic E-state index is 0.594. The van der Waals surface area contributed by atoms with Crippen LogP contribution in [0.5, 0.6) is 0 Å². The van der Waals surface area contributed by atoms with Gasteiger partial charge in [-0.25, -0.2) is 9.97 Å². The quantitative estimate of drug-likeness (QED) is 0.730. The second kappa shape index (κ2) is 5.81. The highest BCUT2D eigenvalue weighted by Gasteiger charge is 1.90. The summed E-state index contributed by atoms with van der Waals surface area (Å²) in [7, 11) is 0. The van der Waals surface area contributed by atoms with Crippen LogP contribution in [0.3, 0.4) is 0 Å². The van der Waals surface area contributed by atoms with Gasteiger partial charge in [0.25, 0.3) is 0 Å². The highest BCUT2D eigenvalue weighted by molar-refractivity contribution is 5.24. The molecule has 2 heteroatoms. The van der Waals surface area contributed by atoms with Crippen LogP contribution in [0.15, 0.2) is 42.7 Å². The largest absolute Gasteiger partial charge is 0.229 e. The minimum atomic E-state index is 0.594. The molecule has 1 aromatic heterocycles. The molecular formula is C15H14N2. The van der Waals surface area contributed by atoms with Gasteiger partial charge >= 0.3 is 0 Å². The number of nitrogens with zero attached hydrogens (tertiary/aromatic N) is 2. The Bertz CT molecular complexity index is 518. The van der Waals surface area contributed by atoms with E-state index < -0.39 is 0 Å². The zero-order valence-corrected chi connectivity index (χ0v) is 9.85. The van der Waals surface area contributed by atoms with E-state index in [4.69, 9.17) is 0 Å². The predicted molar refractivity (Wildman–Crippen MR) is 68.4 cm³/mol. The van der Waals surface area contributed by atoms with E-state index in [1.807, 2.05) is 0 Å². The van der Waals surface area contributed by atoms with Gasteiger partial charge in [0.05, 0.1) is 0 Å². The van der Waals surface area contributed by atoms with E-state index in [9.17, 15) is 0 Å². The van der Waals surface area contributed by atoms with E-state index in [2.05, 4.69) is 53.0 Å². The first kappa shape index (κ1) is 11.3. The molecule has 0 aliphatic heterocycles. The van der Waals surface area contributed by atoms with Crippen LogP contribution in [0.4, 0.5) is 0 Å². The summed E-state index contributed by atoms with van der Waals surface area (Å²) in [6.45, 7) is 2.09. The van der Waals surface area contributed by atoms with Crippen molar-refractivity contribution in [2.45, 2.75) is 19.8 Å². The van der Waals surface area contributed by atoms with Crippen molar-refractivity contribution in [2.75, 3.05) is 0 Å². The van der Waals surface area contributed by atoms with Crippen LogP contribution < -0.4 is 0 Å². The molecule has 0 unspecified atom stereocenters. The van der Waals surface area contributed by atoms with Crippen molar-refractivity contribution in [3.05, 3.63) is 59.7 Å². The summed E-state index contributed by atoms with van der Waals surface area (Å²) < 4.78 is 0. The van der Waals surface area contributed by atoms with E-state index in [-0.39, 0.29) is 0 Å². The zero-order chi connectivity index (χ0) is 11.9. The van der Waals surface area contributed by atoms with Crippen molar-refractivity contribution in [3.63, 3.8) is 0 Å². The average molecular weight is 222 g/mol. The Hall–Kier alpha value is -2.14. The van der Waals surface area contributed by atoms with Crippen LogP contribution in [-0.2, 0) is 6.42 Å². The molecule has 0 aliphatic rings. The average Bonchev–Trinajstić information content (AvgIpc) is 2.38. The normalized spacial score (nSPS) is 9.47. The predicted octanol–water partition coefficient (Wildman–Crippen LogP) is 2.77. The van der Waals surface area contributed by atoms with Crippen molar-refractivity contribution in [2.24, 2.45) is 0 Å². The Morgan fingerprint density at radius 2 is 1.76 bits per heavy atom. The van der Waals surface area contributed by atoms with Gasteiger partial charge < -0.3 is 0 Å². The molecule has 0 spiro atoms. The fourth-order valence-electron chi connectivity index (χ4n) is 1.47. The molecule has 0 saturated heterocycles. The Morgan fingerprint density at radius 1 is 1.06 bits per heavy atom. The molecule has 0 atom stereocenters. The van der Waals surface area contributed by atoms with E-state index in [1.165, 1.54) is 11.1 Å². The van der Waals surface area contributed by atoms with Crippen LogP contribution in [0.1, 0.15) is 23.4 Å². The summed E-state index contributed by atoms with van der Waals surface area (Å²) in [6, 6.07) is 10.3. The van der Waals surface area contributed by atoms with Gasteiger partial charge in [0, 0.05) is 18.8 Å². The first-order chi connectivity index (χ1) is 8.34. The Labute approximate surface area is 102 Å². The van der Waals surface area contributed by atoms with Gasteiger partial charge in [-0.2, -0.15) is 0 Å². The summed E-state index contributed by atoms with van der Waals surface area (Å²) in [6.07, 6.45) is 5.22. The molecular weight excluding hydrogens is 208 g/mol. The first-order valence-corrected chi connectivity index (χ1v) is 5.66. The molecule has 2 rings (SSSR count). The van der Waals surface area contributed by atoms with Crippen molar-refractivity contribution in [1.29, 1.82) is 0 Å². The summed E-state index contributed by atoms with van der Waals surface area (Å²) in [4.78, 5) is 8.10. The van der Waals surface area contributed by atoms with E-state index >= 15 is 0 Å². The molecule has 84 valence electrons. The Balaban J connectivity index is 1.88. The van der Waals surface area contributed by atoms with Crippen molar-refractivity contribution < 1.29 is 0 Å². The SMILES string of the molecule is Cc1ccc(CCC#Cc2ncccn2)cc1. The number of aryl methyl sites for hydroxylation is 2. The van der Waals surface area contributed by atoms with E-state index in [0.29, 0.717) is 5.82 Å². The maximum absolute atomic E-state index is 4.05. The van der Waals surface area contributed by atoms with Crippen LogP contribution >= 0.6 is 0 Å². The summed E-state index contributed by atoms with van der Waals surface area (Å²) in [5, 5.41) is 0. The number of hydrogen-bond donors (Lipinski definition) is 0. The van der Waals surface area contributed by atoms with Gasteiger partial charge in [-0.15, -0.1) is 0 Å². The van der Waals surface area contributed by atoms with Crippen LogP contribution in [0.2, 0.25) is 0 Å². The van der Waals surface area contributed by atoms with E-state index in [0.717, 1.165) is 12.8 Å².